The first-order valence-electron chi connectivity index (χ1n) is 5.80. The summed E-state index contributed by atoms with van der Waals surface area (Å²) in [6.07, 6.45) is 0. The van der Waals surface area contributed by atoms with Gasteiger partial charge in [-0.3, -0.25) is 0 Å². The van der Waals surface area contributed by atoms with E-state index in [-0.39, 0.29) is 6.04 Å². The fourth-order valence-corrected chi connectivity index (χ4v) is 2.78. The molecule has 2 aromatic rings. The minimum absolute atomic E-state index is 0.117. The predicted molar refractivity (Wildman–Crippen MR) is 81.2 cm³/mol. The van der Waals surface area contributed by atoms with E-state index >= 15 is 0 Å². The fraction of sp³-hybridized carbons (Fsp3) is 0.200. The molecule has 0 bridgehead atoms. The van der Waals surface area contributed by atoms with E-state index in [1.54, 1.807) is 0 Å². The van der Waals surface area contributed by atoms with Gasteiger partial charge in [-0.2, -0.15) is 0 Å². The molecule has 1 atom stereocenters. The van der Waals surface area contributed by atoms with Gasteiger partial charge in [-0.05, 0) is 37.2 Å². The van der Waals surface area contributed by atoms with Gasteiger partial charge in [0.15, 0.2) is 0 Å². The van der Waals surface area contributed by atoms with Gasteiger partial charge in [0.2, 0.25) is 0 Å². The average molecular weight is 325 g/mol. The molecule has 0 fully saturated rings. The van der Waals surface area contributed by atoms with E-state index in [0.29, 0.717) is 0 Å². The van der Waals surface area contributed by atoms with Crippen LogP contribution in [0.3, 0.4) is 0 Å². The molecule has 1 N–H and O–H groups in total. The lowest BCUT2D eigenvalue weighted by Crippen LogP contribution is -2.18. The van der Waals surface area contributed by atoms with Crippen molar-refractivity contribution < 1.29 is 0 Å². The summed E-state index contributed by atoms with van der Waals surface area (Å²) in [5.74, 6) is 0. The lowest BCUT2D eigenvalue weighted by molar-refractivity contribution is 0.692. The molecule has 0 saturated heterocycles. The van der Waals surface area contributed by atoms with Crippen LogP contribution in [-0.4, -0.2) is 7.05 Å². The summed E-state index contributed by atoms with van der Waals surface area (Å²) in [6, 6.07) is 14.6. The van der Waals surface area contributed by atoms with E-state index in [0.717, 1.165) is 15.1 Å². The second kappa shape index (κ2) is 5.87. The highest BCUT2D eigenvalue weighted by Gasteiger charge is 2.14. The molecule has 0 heterocycles. The highest BCUT2D eigenvalue weighted by atomic mass is 79.9. The molecule has 0 radical (unpaired) electrons. The largest absolute Gasteiger partial charge is 0.309 e. The molecule has 2 rings (SSSR count). The van der Waals surface area contributed by atoms with Crippen molar-refractivity contribution in [3.05, 3.63) is 68.7 Å². The molecule has 0 aliphatic rings. The predicted octanol–water partition coefficient (Wildman–Crippen LogP) is 4.72. The highest BCUT2D eigenvalue weighted by molar-refractivity contribution is 9.10. The van der Waals surface area contributed by atoms with Gasteiger partial charge in [0.05, 0.1) is 6.04 Å². The quantitative estimate of drug-likeness (QED) is 0.861. The van der Waals surface area contributed by atoms with Crippen molar-refractivity contribution in [2.24, 2.45) is 0 Å². The maximum Gasteiger partial charge on any atom is 0.0589 e. The molecule has 3 heteroatoms. The average Bonchev–Trinajstić information content (AvgIpc) is 2.35. The van der Waals surface area contributed by atoms with Crippen LogP contribution in [0.5, 0.6) is 0 Å². The fourth-order valence-electron chi connectivity index (χ4n) is 2.00. The van der Waals surface area contributed by atoms with Crippen molar-refractivity contribution in [2.45, 2.75) is 13.0 Å². The van der Waals surface area contributed by atoms with Crippen LogP contribution >= 0.6 is 27.5 Å². The van der Waals surface area contributed by atoms with Crippen molar-refractivity contribution in [1.82, 2.24) is 5.32 Å². The lowest BCUT2D eigenvalue weighted by atomic mass is 9.98. The summed E-state index contributed by atoms with van der Waals surface area (Å²) in [5, 5.41) is 4.08. The molecule has 0 aliphatic carbocycles. The van der Waals surface area contributed by atoms with Crippen LogP contribution in [0.4, 0.5) is 0 Å². The molecule has 0 amide bonds. The summed E-state index contributed by atoms with van der Waals surface area (Å²) in [5.41, 5.74) is 3.56. The van der Waals surface area contributed by atoms with Gasteiger partial charge in [-0.15, -0.1) is 0 Å². The Balaban J connectivity index is 2.41. The SMILES string of the molecule is CNC(c1ccc(C)cc1)c1ccc(Br)cc1Cl. The van der Waals surface area contributed by atoms with Crippen LogP contribution in [-0.2, 0) is 0 Å². The summed E-state index contributed by atoms with van der Waals surface area (Å²) in [4.78, 5) is 0. The first-order valence-corrected chi connectivity index (χ1v) is 6.97. The summed E-state index contributed by atoms with van der Waals surface area (Å²) in [6.45, 7) is 2.09. The Morgan fingerprint density at radius 3 is 2.33 bits per heavy atom. The Labute approximate surface area is 121 Å². The van der Waals surface area contributed by atoms with Gasteiger partial charge in [-0.25, -0.2) is 0 Å². The molecule has 0 aliphatic heterocycles. The van der Waals surface area contributed by atoms with Crippen LogP contribution in [0, 0.1) is 6.92 Å². The summed E-state index contributed by atoms with van der Waals surface area (Å²) < 4.78 is 0.995. The van der Waals surface area contributed by atoms with E-state index in [9.17, 15) is 0 Å². The topological polar surface area (TPSA) is 12.0 Å². The number of aryl methyl sites for hydroxylation is 1. The van der Waals surface area contributed by atoms with Gasteiger partial charge in [0, 0.05) is 9.50 Å². The third-order valence-electron chi connectivity index (χ3n) is 2.97. The molecule has 94 valence electrons. The summed E-state index contributed by atoms with van der Waals surface area (Å²) >= 11 is 9.74. The van der Waals surface area contributed by atoms with Crippen LogP contribution in [0.1, 0.15) is 22.7 Å². The minimum Gasteiger partial charge on any atom is -0.309 e. The molecular weight excluding hydrogens is 310 g/mol. The Bertz CT molecular complexity index is 537. The minimum atomic E-state index is 0.117. The van der Waals surface area contributed by atoms with E-state index in [1.807, 2.05) is 25.2 Å². The molecular formula is C15H15BrClN. The van der Waals surface area contributed by atoms with Crippen LogP contribution in [0.25, 0.3) is 0 Å². The number of nitrogens with one attached hydrogen (secondary N) is 1. The van der Waals surface area contributed by atoms with Crippen molar-refractivity contribution >= 4 is 27.5 Å². The second-order valence-electron chi connectivity index (χ2n) is 4.30. The zero-order chi connectivity index (χ0) is 13.1. The van der Waals surface area contributed by atoms with E-state index in [2.05, 4.69) is 52.4 Å². The van der Waals surface area contributed by atoms with Crippen LogP contribution in [0.15, 0.2) is 46.9 Å². The highest BCUT2D eigenvalue weighted by Crippen LogP contribution is 2.30. The van der Waals surface area contributed by atoms with Gasteiger partial charge in [-0.1, -0.05) is 63.4 Å². The number of hydrogen-bond donors (Lipinski definition) is 1. The first-order chi connectivity index (χ1) is 8.61. The van der Waals surface area contributed by atoms with E-state index < -0.39 is 0 Å². The second-order valence-corrected chi connectivity index (χ2v) is 5.62. The molecule has 1 unspecified atom stereocenters. The van der Waals surface area contributed by atoms with Gasteiger partial charge >= 0.3 is 0 Å². The van der Waals surface area contributed by atoms with Crippen LogP contribution in [0.2, 0.25) is 5.02 Å². The molecule has 2 aromatic carbocycles. The zero-order valence-corrected chi connectivity index (χ0v) is 12.7. The number of hydrogen-bond acceptors (Lipinski definition) is 1. The Morgan fingerprint density at radius 2 is 1.78 bits per heavy atom. The van der Waals surface area contributed by atoms with Gasteiger partial charge in [0.1, 0.15) is 0 Å². The van der Waals surface area contributed by atoms with Crippen molar-refractivity contribution in [3.63, 3.8) is 0 Å². The first kappa shape index (κ1) is 13.6. The van der Waals surface area contributed by atoms with Gasteiger partial charge < -0.3 is 5.32 Å². The molecule has 0 aromatic heterocycles. The molecule has 1 nitrogen and oxygen atoms in total. The van der Waals surface area contributed by atoms with Crippen molar-refractivity contribution in [2.75, 3.05) is 7.05 Å². The zero-order valence-electron chi connectivity index (χ0n) is 10.4. The molecule has 0 spiro atoms. The Morgan fingerprint density at radius 1 is 1.11 bits per heavy atom. The van der Waals surface area contributed by atoms with E-state index in [4.69, 9.17) is 11.6 Å². The Kier molecular flexibility index (Phi) is 4.44. The summed E-state index contributed by atoms with van der Waals surface area (Å²) in [7, 11) is 1.95. The number of rotatable bonds is 3. The molecule has 0 saturated carbocycles. The van der Waals surface area contributed by atoms with Gasteiger partial charge in [0.25, 0.3) is 0 Å². The third kappa shape index (κ3) is 2.94. The Hall–Kier alpha value is -0.830. The maximum absolute atomic E-state index is 6.31. The van der Waals surface area contributed by atoms with E-state index in [1.165, 1.54) is 11.1 Å². The smallest absolute Gasteiger partial charge is 0.0589 e. The van der Waals surface area contributed by atoms with Crippen LogP contribution < -0.4 is 5.32 Å². The van der Waals surface area contributed by atoms with Crippen molar-refractivity contribution in [1.29, 1.82) is 0 Å². The number of halogens is 2. The lowest BCUT2D eigenvalue weighted by Gasteiger charge is -2.19. The number of benzene rings is 2. The van der Waals surface area contributed by atoms with Crippen molar-refractivity contribution in [3.8, 4) is 0 Å². The monoisotopic (exact) mass is 323 g/mol. The third-order valence-corrected chi connectivity index (χ3v) is 3.79. The molecule has 18 heavy (non-hydrogen) atoms. The standard InChI is InChI=1S/C15H15BrClN/c1-10-3-5-11(6-4-10)15(18-2)13-8-7-12(16)9-14(13)17/h3-9,15,18H,1-2H3. The maximum atomic E-state index is 6.31. The normalized spacial score (nSPS) is 12.4.